The van der Waals surface area contributed by atoms with Gasteiger partial charge in [0, 0.05) is 31.8 Å². The standard InChI is InChI=1S/C12H18FN5.ClH/c1-5-18-11(6-8(2)15-18)14-7-10-9(3)16-17(4)12(10)13;/h6,14H,5,7H2,1-4H3;1H. The zero-order valence-electron chi connectivity index (χ0n) is 11.6. The minimum absolute atomic E-state index is 0. The van der Waals surface area contributed by atoms with Crippen LogP contribution in [0.1, 0.15) is 23.9 Å². The first-order valence-corrected chi connectivity index (χ1v) is 5.99. The number of anilines is 1. The number of aromatic nitrogens is 4. The van der Waals surface area contributed by atoms with Gasteiger partial charge in [0.25, 0.3) is 0 Å². The summed E-state index contributed by atoms with van der Waals surface area (Å²) in [5.41, 5.74) is 2.25. The molecule has 0 saturated heterocycles. The summed E-state index contributed by atoms with van der Waals surface area (Å²) in [5, 5.41) is 11.6. The second kappa shape index (κ2) is 6.06. The van der Waals surface area contributed by atoms with Crippen LogP contribution >= 0.6 is 12.4 Å². The molecule has 0 spiro atoms. The molecule has 0 fully saturated rings. The van der Waals surface area contributed by atoms with Crippen LogP contribution in [0.4, 0.5) is 10.2 Å². The maximum Gasteiger partial charge on any atom is 0.216 e. The molecule has 2 aromatic heterocycles. The monoisotopic (exact) mass is 287 g/mol. The zero-order valence-corrected chi connectivity index (χ0v) is 12.4. The van der Waals surface area contributed by atoms with Gasteiger partial charge in [-0.1, -0.05) is 0 Å². The lowest BCUT2D eigenvalue weighted by molar-refractivity contribution is 0.496. The van der Waals surface area contributed by atoms with E-state index in [0.29, 0.717) is 17.8 Å². The van der Waals surface area contributed by atoms with Crippen molar-refractivity contribution < 1.29 is 4.39 Å². The van der Waals surface area contributed by atoms with Gasteiger partial charge >= 0.3 is 0 Å². The number of aryl methyl sites for hydroxylation is 4. The predicted molar refractivity (Wildman–Crippen MR) is 75.1 cm³/mol. The average molecular weight is 288 g/mol. The van der Waals surface area contributed by atoms with Crippen LogP contribution in [0.25, 0.3) is 0 Å². The highest BCUT2D eigenvalue weighted by atomic mass is 35.5. The molecule has 0 atom stereocenters. The highest BCUT2D eigenvalue weighted by Crippen LogP contribution is 2.15. The minimum atomic E-state index is -0.292. The van der Waals surface area contributed by atoms with Crippen LogP contribution < -0.4 is 5.32 Å². The topological polar surface area (TPSA) is 47.7 Å². The van der Waals surface area contributed by atoms with Gasteiger partial charge in [-0.15, -0.1) is 12.4 Å². The number of nitrogens with one attached hydrogen (secondary N) is 1. The van der Waals surface area contributed by atoms with Gasteiger partial charge in [-0.3, -0.25) is 0 Å². The molecule has 106 valence electrons. The first-order valence-electron chi connectivity index (χ1n) is 5.99. The van der Waals surface area contributed by atoms with Crippen molar-refractivity contribution in [1.29, 1.82) is 0 Å². The van der Waals surface area contributed by atoms with Crippen LogP contribution in [-0.2, 0) is 20.1 Å². The SMILES string of the molecule is CCn1nc(C)cc1NCc1c(C)nn(C)c1F.Cl. The van der Waals surface area contributed by atoms with Gasteiger partial charge in [0.1, 0.15) is 5.82 Å². The quantitative estimate of drug-likeness (QED) is 0.939. The first-order chi connectivity index (χ1) is 8.52. The number of rotatable bonds is 4. The van der Waals surface area contributed by atoms with Crippen molar-refractivity contribution in [2.75, 3.05) is 5.32 Å². The third-order valence-electron chi connectivity index (χ3n) is 2.92. The van der Waals surface area contributed by atoms with Crippen LogP contribution in [0.2, 0.25) is 0 Å². The fraction of sp³-hybridized carbons (Fsp3) is 0.500. The Hall–Kier alpha value is -1.56. The third-order valence-corrected chi connectivity index (χ3v) is 2.92. The lowest BCUT2D eigenvalue weighted by atomic mass is 10.2. The summed E-state index contributed by atoms with van der Waals surface area (Å²) in [5.74, 6) is 0.608. The van der Waals surface area contributed by atoms with Crippen molar-refractivity contribution in [3.63, 3.8) is 0 Å². The van der Waals surface area contributed by atoms with E-state index in [0.717, 1.165) is 18.1 Å². The Kier molecular flexibility index (Phi) is 4.94. The molecule has 2 heterocycles. The van der Waals surface area contributed by atoms with Gasteiger partial charge in [-0.25, -0.2) is 9.36 Å². The molecule has 0 unspecified atom stereocenters. The molecule has 0 saturated carbocycles. The van der Waals surface area contributed by atoms with E-state index in [9.17, 15) is 4.39 Å². The Bertz CT molecular complexity index is 561. The zero-order chi connectivity index (χ0) is 13.3. The fourth-order valence-corrected chi connectivity index (χ4v) is 1.98. The van der Waals surface area contributed by atoms with Gasteiger partial charge in [-0.2, -0.15) is 14.6 Å². The highest BCUT2D eigenvalue weighted by molar-refractivity contribution is 5.85. The molecule has 1 N–H and O–H groups in total. The molecule has 2 aromatic rings. The summed E-state index contributed by atoms with van der Waals surface area (Å²) in [6.45, 7) is 6.96. The molecular weight excluding hydrogens is 269 g/mol. The molecule has 0 aromatic carbocycles. The van der Waals surface area contributed by atoms with Crippen molar-refractivity contribution >= 4 is 18.2 Å². The van der Waals surface area contributed by atoms with Crippen molar-refractivity contribution in [2.45, 2.75) is 33.9 Å². The van der Waals surface area contributed by atoms with E-state index in [-0.39, 0.29) is 18.4 Å². The van der Waals surface area contributed by atoms with Gasteiger partial charge in [-0.05, 0) is 20.8 Å². The Morgan fingerprint density at radius 1 is 1.32 bits per heavy atom. The van der Waals surface area contributed by atoms with Crippen LogP contribution in [-0.4, -0.2) is 19.6 Å². The number of halogens is 2. The maximum atomic E-state index is 13.8. The van der Waals surface area contributed by atoms with E-state index in [1.807, 2.05) is 31.5 Å². The normalized spacial score (nSPS) is 10.4. The van der Waals surface area contributed by atoms with Gasteiger partial charge in [0.15, 0.2) is 0 Å². The van der Waals surface area contributed by atoms with Crippen molar-refractivity contribution in [2.24, 2.45) is 7.05 Å². The summed E-state index contributed by atoms with van der Waals surface area (Å²) >= 11 is 0. The first kappa shape index (κ1) is 15.5. The van der Waals surface area contributed by atoms with E-state index < -0.39 is 0 Å². The van der Waals surface area contributed by atoms with Gasteiger partial charge < -0.3 is 5.32 Å². The summed E-state index contributed by atoms with van der Waals surface area (Å²) in [6.07, 6.45) is 0. The number of hydrogen-bond acceptors (Lipinski definition) is 3. The van der Waals surface area contributed by atoms with E-state index in [1.165, 1.54) is 4.68 Å². The number of nitrogens with zero attached hydrogens (tertiary/aromatic N) is 4. The molecule has 5 nitrogen and oxygen atoms in total. The maximum absolute atomic E-state index is 13.8. The summed E-state index contributed by atoms with van der Waals surface area (Å²) in [7, 11) is 1.60. The van der Waals surface area contributed by atoms with Crippen molar-refractivity contribution in [3.05, 3.63) is 29.0 Å². The Morgan fingerprint density at radius 3 is 2.53 bits per heavy atom. The Labute approximate surface area is 118 Å². The highest BCUT2D eigenvalue weighted by Gasteiger charge is 2.13. The predicted octanol–water partition coefficient (Wildman–Crippen LogP) is 2.43. The molecule has 0 radical (unpaired) electrons. The van der Waals surface area contributed by atoms with Crippen LogP contribution in [0.3, 0.4) is 0 Å². The lowest BCUT2D eigenvalue weighted by Crippen LogP contribution is -2.08. The van der Waals surface area contributed by atoms with Crippen LogP contribution in [0.15, 0.2) is 6.07 Å². The van der Waals surface area contributed by atoms with Crippen molar-refractivity contribution in [1.82, 2.24) is 19.6 Å². The molecule has 7 heteroatoms. The van der Waals surface area contributed by atoms with E-state index in [2.05, 4.69) is 15.5 Å². The molecule has 0 aliphatic heterocycles. The van der Waals surface area contributed by atoms with E-state index >= 15 is 0 Å². The smallest absolute Gasteiger partial charge is 0.216 e. The van der Waals surface area contributed by atoms with Gasteiger partial charge in [0.2, 0.25) is 5.95 Å². The molecule has 0 amide bonds. The second-order valence-corrected chi connectivity index (χ2v) is 4.32. The van der Waals surface area contributed by atoms with Crippen molar-refractivity contribution in [3.8, 4) is 0 Å². The van der Waals surface area contributed by atoms with E-state index in [4.69, 9.17) is 0 Å². The summed E-state index contributed by atoms with van der Waals surface area (Å²) in [4.78, 5) is 0. The van der Waals surface area contributed by atoms with Crippen LogP contribution in [0, 0.1) is 19.8 Å². The number of hydrogen-bond donors (Lipinski definition) is 1. The Balaban J connectivity index is 0.00000180. The Morgan fingerprint density at radius 2 is 2.00 bits per heavy atom. The van der Waals surface area contributed by atoms with Crippen LogP contribution in [0.5, 0.6) is 0 Å². The second-order valence-electron chi connectivity index (χ2n) is 4.32. The largest absolute Gasteiger partial charge is 0.366 e. The fourth-order valence-electron chi connectivity index (χ4n) is 1.98. The third kappa shape index (κ3) is 3.07. The average Bonchev–Trinajstić information content (AvgIpc) is 2.79. The van der Waals surface area contributed by atoms with Gasteiger partial charge in [0.05, 0.1) is 11.4 Å². The molecule has 0 aliphatic rings. The lowest BCUT2D eigenvalue weighted by Gasteiger charge is -2.07. The minimum Gasteiger partial charge on any atom is -0.366 e. The molecule has 0 bridgehead atoms. The molecular formula is C12H19ClFN5. The summed E-state index contributed by atoms with van der Waals surface area (Å²) in [6, 6.07) is 1.95. The molecule has 0 aliphatic carbocycles. The molecule has 19 heavy (non-hydrogen) atoms. The van der Waals surface area contributed by atoms with E-state index in [1.54, 1.807) is 7.05 Å². The molecule has 2 rings (SSSR count). The summed E-state index contributed by atoms with van der Waals surface area (Å²) < 4.78 is 16.9.